The molecule has 0 unspecified atom stereocenters. The number of carboxylic acid groups (broad SMARTS) is 1. The second-order valence-corrected chi connectivity index (χ2v) is 16.4. The van der Waals surface area contributed by atoms with Crippen molar-refractivity contribution in [3.63, 3.8) is 0 Å². The molecule has 0 radical (unpaired) electrons. The Hall–Kier alpha value is -4.91. The van der Waals surface area contributed by atoms with Gasteiger partial charge in [0.25, 0.3) is 11.8 Å². The summed E-state index contributed by atoms with van der Waals surface area (Å²) in [5.74, 6) is -0.0946. The highest BCUT2D eigenvalue weighted by Crippen LogP contribution is 2.34. The Morgan fingerprint density at radius 2 is 1.00 bits per heavy atom. The summed E-state index contributed by atoms with van der Waals surface area (Å²) >= 11 is 0. The SMILES string of the molecule is CNOC.Cl.O=C(O)c1ccc(-c2ccc3c(c2)CCN(CCN2CCCC2)C3=O)cc1.O=C(c1ccc(-c2ccc3c(c2)CCN(CCN2CCCC2)C3=O)cc1)C1CC1. The minimum atomic E-state index is -0.924. The van der Waals surface area contributed by atoms with E-state index in [1.54, 1.807) is 26.3 Å². The van der Waals surface area contributed by atoms with Crippen LogP contribution >= 0.6 is 12.4 Å². The number of carbonyl (C=O) groups is 4. The highest BCUT2D eigenvalue weighted by molar-refractivity contribution is 6.00. The molecule has 1 aliphatic carbocycles. The summed E-state index contributed by atoms with van der Waals surface area (Å²) in [4.78, 5) is 62.1. The van der Waals surface area contributed by atoms with Crippen LogP contribution in [0.5, 0.6) is 0 Å². The van der Waals surface area contributed by atoms with Crippen molar-refractivity contribution in [1.82, 2.24) is 25.1 Å². The molecule has 61 heavy (non-hydrogen) atoms. The number of halogens is 1. The third-order valence-corrected chi connectivity index (χ3v) is 12.4. The first kappa shape index (κ1) is 45.6. The zero-order valence-electron chi connectivity index (χ0n) is 35.6. The first-order chi connectivity index (χ1) is 29.2. The quantitative estimate of drug-likeness (QED) is 0.111. The van der Waals surface area contributed by atoms with E-state index in [4.69, 9.17) is 5.11 Å². The zero-order valence-corrected chi connectivity index (χ0v) is 36.4. The number of fused-ring (bicyclic) bond motifs is 2. The molecule has 1 saturated carbocycles. The van der Waals surface area contributed by atoms with Crippen molar-refractivity contribution in [1.29, 1.82) is 0 Å². The Morgan fingerprint density at radius 1 is 0.607 bits per heavy atom. The van der Waals surface area contributed by atoms with Crippen LogP contribution in [0.2, 0.25) is 0 Å². The van der Waals surface area contributed by atoms with Gasteiger partial charge in [0.2, 0.25) is 0 Å². The van der Waals surface area contributed by atoms with Crippen LogP contribution in [0.15, 0.2) is 84.9 Å². The van der Waals surface area contributed by atoms with Crippen LogP contribution in [0, 0.1) is 5.92 Å². The van der Waals surface area contributed by atoms with Crippen molar-refractivity contribution >= 4 is 36.0 Å². The van der Waals surface area contributed by atoms with E-state index in [0.717, 1.165) is 128 Å². The second-order valence-electron chi connectivity index (χ2n) is 16.4. The van der Waals surface area contributed by atoms with Gasteiger partial charge in [-0.2, -0.15) is 0 Å². The van der Waals surface area contributed by atoms with Crippen molar-refractivity contribution in [2.75, 3.05) is 79.6 Å². The number of carboxylic acids is 1. The highest BCUT2D eigenvalue weighted by Gasteiger charge is 2.31. The minimum absolute atomic E-state index is 0. The molecular weight excluding hydrogens is 790 g/mol. The summed E-state index contributed by atoms with van der Waals surface area (Å²) in [5, 5.41) is 9.03. The normalized spacial score (nSPS) is 17.3. The fourth-order valence-corrected chi connectivity index (χ4v) is 8.61. The third kappa shape index (κ3) is 11.7. The van der Waals surface area contributed by atoms with Gasteiger partial charge < -0.3 is 29.5 Å². The molecule has 324 valence electrons. The van der Waals surface area contributed by atoms with Gasteiger partial charge in [-0.15, -0.1) is 12.4 Å². The molecule has 0 bridgehead atoms. The monoisotopic (exact) mass is 849 g/mol. The number of likely N-dealkylation sites (tertiary alicyclic amines) is 2. The number of amides is 2. The lowest BCUT2D eigenvalue weighted by molar-refractivity contribution is 0.0692. The van der Waals surface area contributed by atoms with E-state index in [9.17, 15) is 19.2 Å². The number of ketones is 1. The van der Waals surface area contributed by atoms with Gasteiger partial charge in [-0.1, -0.05) is 60.7 Å². The van der Waals surface area contributed by atoms with E-state index in [1.807, 2.05) is 70.5 Å². The molecule has 0 spiro atoms. The molecular formula is C49H60ClN5O6. The number of rotatable bonds is 12. The predicted molar refractivity (Wildman–Crippen MR) is 242 cm³/mol. The molecule has 9 rings (SSSR count). The molecule has 12 heteroatoms. The fourth-order valence-electron chi connectivity index (χ4n) is 8.61. The highest BCUT2D eigenvalue weighted by atomic mass is 35.5. The van der Waals surface area contributed by atoms with Crippen molar-refractivity contribution in [2.45, 2.75) is 51.4 Å². The number of hydrogen-bond donors (Lipinski definition) is 2. The molecule has 3 fully saturated rings. The summed E-state index contributed by atoms with van der Waals surface area (Å²) in [7, 11) is 3.28. The van der Waals surface area contributed by atoms with Gasteiger partial charge in [-0.3, -0.25) is 14.4 Å². The maximum Gasteiger partial charge on any atom is 0.335 e. The summed E-state index contributed by atoms with van der Waals surface area (Å²) < 4.78 is 0. The summed E-state index contributed by atoms with van der Waals surface area (Å²) in [6, 6.07) is 26.9. The topological polar surface area (TPSA) is 123 Å². The van der Waals surface area contributed by atoms with Crippen LogP contribution in [0.25, 0.3) is 22.3 Å². The first-order valence-electron chi connectivity index (χ1n) is 21.7. The van der Waals surface area contributed by atoms with E-state index in [1.165, 1.54) is 38.8 Å². The number of nitrogens with one attached hydrogen (secondary N) is 1. The van der Waals surface area contributed by atoms with Crippen molar-refractivity contribution in [3.05, 3.63) is 118 Å². The fraction of sp³-hybridized carbons (Fsp3) is 0.429. The molecule has 0 atom stereocenters. The summed E-state index contributed by atoms with van der Waals surface area (Å²) in [6.07, 6.45) is 8.96. The van der Waals surface area contributed by atoms with E-state index in [0.29, 0.717) is 0 Å². The van der Waals surface area contributed by atoms with Crippen molar-refractivity contribution in [2.24, 2.45) is 5.92 Å². The van der Waals surface area contributed by atoms with Gasteiger partial charge in [-0.05, 0) is 135 Å². The zero-order chi connectivity index (χ0) is 42.0. The Morgan fingerprint density at radius 3 is 1.38 bits per heavy atom. The van der Waals surface area contributed by atoms with Crippen LogP contribution in [0.4, 0.5) is 0 Å². The van der Waals surface area contributed by atoms with E-state index < -0.39 is 5.97 Å². The number of carbonyl (C=O) groups excluding carboxylic acids is 3. The van der Waals surface area contributed by atoms with Gasteiger partial charge >= 0.3 is 5.97 Å². The molecule has 2 saturated heterocycles. The Labute approximate surface area is 366 Å². The van der Waals surface area contributed by atoms with Gasteiger partial charge in [0.1, 0.15) is 0 Å². The average Bonchev–Trinajstić information content (AvgIpc) is 3.74. The molecule has 0 aromatic heterocycles. The summed E-state index contributed by atoms with van der Waals surface area (Å²) in [5.41, 5.74) is 11.6. The number of Topliss-reactive ketones (excluding diaryl/α,β-unsaturated/α-hetero) is 1. The maximum atomic E-state index is 12.9. The largest absolute Gasteiger partial charge is 0.478 e. The number of benzene rings is 4. The summed E-state index contributed by atoms with van der Waals surface area (Å²) in [6.45, 7) is 9.82. The van der Waals surface area contributed by atoms with E-state index >= 15 is 0 Å². The van der Waals surface area contributed by atoms with Crippen LogP contribution < -0.4 is 5.48 Å². The van der Waals surface area contributed by atoms with Gasteiger partial charge in [0, 0.05) is 68.9 Å². The molecule has 4 aromatic carbocycles. The van der Waals surface area contributed by atoms with E-state index in [-0.39, 0.29) is 41.5 Å². The molecule has 5 aliphatic rings. The van der Waals surface area contributed by atoms with E-state index in [2.05, 4.69) is 32.3 Å². The lowest BCUT2D eigenvalue weighted by atomic mass is 9.93. The minimum Gasteiger partial charge on any atom is -0.478 e. The Kier molecular flexibility index (Phi) is 16.3. The van der Waals surface area contributed by atoms with Crippen molar-refractivity contribution < 1.29 is 29.1 Å². The van der Waals surface area contributed by atoms with Crippen LogP contribution in [0.1, 0.15) is 91.1 Å². The molecule has 4 aromatic rings. The molecule has 4 heterocycles. The molecule has 2 amide bonds. The predicted octanol–water partition coefficient (Wildman–Crippen LogP) is 7.38. The van der Waals surface area contributed by atoms with Crippen LogP contribution in [-0.4, -0.2) is 128 Å². The standard InChI is InChI=1S/C25H28N2O2.C22H24N2O3.C2H7NO.ClH/c28-24(20-7-8-20)19-5-3-18(4-6-19)21-9-10-23-22(17-21)11-14-27(25(23)29)16-15-26-12-1-2-13-26;25-21-20-8-7-18(16-3-5-17(6-4-16)22(26)27)15-19(20)9-12-24(21)14-13-23-10-1-2-11-23;1-3-4-2;/h3-6,9-10,17,20H,1-2,7-8,11-16H2;3-8,15H,1-2,9-14H2,(H,26,27);3H,1-2H3;1H. The number of aromatic carboxylic acids is 1. The Bertz CT molecular complexity index is 2130. The molecule has 11 nitrogen and oxygen atoms in total. The smallest absolute Gasteiger partial charge is 0.335 e. The second kappa shape index (κ2) is 21.7. The van der Waals surface area contributed by atoms with Gasteiger partial charge in [0.15, 0.2) is 5.78 Å². The first-order valence-corrected chi connectivity index (χ1v) is 21.7. The van der Waals surface area contributed by atoms with Gasteiger partial charge in [-0.25, -0.2) is 10.3 Å². The van der Waals surface area contributed by atoms with Crippen LogP contribution in [0.3, 0.4) is 0 Å². The van der Waals surface area contributed by atoms with Crippen LogP contribution in [-0.2, 0) is 17.7 Å². The lowest BCUT2D eigenvalue weighted by Gasteiger charge is -2.30. The Balaban J connectivity index is 0.000000185. The number of nitrogens with zero attached hydrogens (tertiary/aromatic N) is 4. The molecule has 4 aliphatic heterocycles. The maximum absolute atomic E-state index is 12.9. The third-order valence-electron chi connectivity index (χ3n) is 12.4. The number of hydrogen-bond acceptors (Lipinski definition) is 8. The average molecular weight is 851 g/mol. The van der Waals surface area contributed by atoms with Gasteiger partial charge in [0.05, 0.1) is 12.7 Å². The number of hydroxylamine groups is 1. The van der Waals surface area contributed by atoms with Crippen molar-refractivity contribution in [3.8, 4) is 22.3 Å². The molecule has 2 N–H and O–H groups in total. The lowest BCUT2D eigenvalue weighted by Crippen LogP contribution is -2.42.